The van der Waals surface area contributed by atoms with E-state index in [0.29, 0.717) is 22.5 Å². The fourth-order valence-corrected chi connectivity index (χ4v) is 4.90. The smallest absolute Gasteiger partial charge is 0.226 e. The summed E-state index contributed by atoms with van der Waals surface area (Å²) in [5.41, 5.74) is 4.84. The number of aromatic nitrogens is 3. The van der Waals surface area contributed by atoms with Crippen molar-refractivity contribution in [3.8, 4) is 17.2 Å². The highest BCUT2D eigenvalue weighted by Gasteiger charge is 2.41. The number of methoxy groups -OCH3 is 2. The summed E-state index contributed by atoms with van der Waals surface area (Å²) < 4.78 is 19.6. The topological polar surface area (TPSA) is 70.4 Å². The molecule has 0 amide bonds. The van der Waals surface area contributed by atoms with Crippen LogP contribution in [0.3, 0.4) is 0 Å². The second-order valence-electron chi connectivity index (χ2n) is 8.05. The number of ether oxygens (including phenoxy) is 3. The van der Waals surface area contributed by atoms with Crippen LogP contribution in [0.1, 0.15) is 28.8 Å². The van der Waals surface area contributed by atoms with Gasteiger partial charge in [0.1, 0.15) is 24.2 Å². The lowest BCUT2D eigenvalue weighted by Crippen LogP contribution is -2.32. The van der Waals surface area contributed by atoms with Gasteiger partial charge in [0.2, 0.25) is 5.95 Å². The van der Waals surface area contributed by atoms with Crippen LogP contribution < -0.4 is 19.5 Å². The van der Waals surface area contributed by atoms with Gasteiger partial charge < -0.3 is 19.5 Å². The quantitative estimate of drug-likeness (QED) is 0.422. The zero-order chi connectivity index (χ0) is 23.2. The van der Waals surface area contributed by atoms with Gasteiger partial charge in [-0.25, -0.2) is 4.68 Å². The van der Waals surface area contributed by atoms with E-state index in [0.717, 1.165) is 33.7 Å². The predicted octanol–water partition coefficient (Wildman–Crippen LogP) is 5.51. The summed E-state index contributed by atoms with van der Waals surface area (Å²) in [6.45, 7) is 0. The Morgan fingerprint density at radius 1 is 0.941 bits per heavy atom. The Labute approximate surface area is 201 Å². The molecule has 0 unspecified atom stereocenters. The Morgan fingerprint density at radius 3 is 2.62 bits per heavy atom. The van der Waals surface area contributed by atoms with Gasteiger partial charge in [-0.2, -0.15) is 10.1 Å². The van der Waals surface area contributed by atoms with Crippen molar-refractivity contribution in [2.45, 2.75) is 12.1 Å². The van der Waals surface area contributed by atoms with Gasteiger partial charge in [0.15, 0.2) is 11.5 Å². The van der Waals surface area contributed by atoms with Gasteiger partial charge in [-0.15, -0.1) is 0 Å². The van der Waals surface area contributed by atoms with Crippen molar-refractivity contribution in [3.63, 3.8) is 0 Å². The monoisotopic (exact) mass is 472 g/mol. The molecule has 0 bridgehead atoms. The number of nitrogens with one attached hydrogen (secondary N) is 1. The third-order valence-electron chi connectivity index (χ3n) is 6.20. The molecule has 0 aliphatic carbocycles. The lowest BCUT2D eigenvalue weighted by atomic mass is 9.84. The van der Waals surface area contributed by atoms with Crippen molar-refractivity contribution in [2.24, 2.45) is 0 Å². The van der Waals surface area contributed by atoms with Gasteiger partial charge in [0.05, 0.1) is 19.9 Å². The SMILES string of the molecule is COc1ccc([C@H]2C3=C(Nc4ncnn42)c2ccccc2O[C@H]3c2cccc(Cl)c2)cc1OC. The fraction of sp³-hybridized carbons (Fsp3) is 0.154. The number of hydrogen-bond donors (Lipinski definition) is 1. The Hall–Kier alpha value is -3.97. The van der Waals surface area contributed by atoms with Crippen molar-refractivity contribution in [2.75, 3.05) is 19.5 Å². The van der Waals surface area contributed by atoms with Crippen LogP contribution in [-0.4, -0.2) is 29.0 Å². The lowest BCUT2D eigenvalue weighted by molar-refractivity contribution is 0.223. The van der Waals surface area contributed by atoms with Crippen LogP contribution in [0.15, 0.2) is 78.6 Å². The van der Waals surface area contributed by atoms with Gasteiger partial charge in [0.25, 0.3) is 0 Å². The third-order valence-corrected chi connectivity index (χ3v) is 6.43. The van der Waals surface area contributed by atoms with E-state index >= 15 is 0 Å². The molecule has 2 aliphatic heterocycles. The van der Waals surface area contributed by atoms with Crippen LogP contribution in [0.4, 0.5) is 5.95 Å². The number of nitrogens with zero attached hydrogens (tertiary/aromatic N) is 3. The second kappa shape index (κ2) is 8.11. The molecule has 8 heteroatoms. The average molecular weight is 473 g/mol. The molecule has 7 nitrogen and oxygen atoms in total. The first-order valence-corrected chi connectivity index (χ1v) is 11.2. The molecule has 0 saturated carbocycles. The molecule has 4 aromatic rings. The first-order valence-electron chi connectivity index (χ1n) is 10.8. The van der Waals surface area contributed by atoms with Gasteiger partial charge >= 0.3 is 0 Å². The van der Waals surface area contributed by atoms with Crippen LogP contribution >= 0.6 is 11.6 Å². The molecule has 0 saturated heterocycles. The molecule has 170 valence electrons. The van der Waals surface area contributed by atoms with Crippen molar-refractivity contribution in [1.82, 2.24) is 14.8 Å². The summed E-state index contributed by atoms with van der Waals surface area (Å²) in [4.78, 5) is 4.47. The van der Waals surface area contributed by atoms with E-state index in [1.54, 1.807) is 20.5 Å². The zero-order valence-electron chi connectivity index (χ0n) is 18.5. The minimum Gasteiger partial charge on any atom is -0.493 e. The third kappa shape index (κ3) is 3.20. The average Bonchev–Trinajstić information content (AvgIpc) is 3.35. The molecule has 34 heavy (non-hydrogen) atoms. The molecular weight excluding hydrogens is 452 g/mol. The van der Waals surface area contributed by atoms with Crippen molar-refractivity contribution >= 4 is 23.2 Å². The van der Waals surface area contributed by atoms with E-state index in [1.165, 1.54) is 0 Å². The highest BCUT2D eigenvalue weighted by molar-refractivity contribution is 6.30. The molecule has 1 N–H and O–H groups in total. The molecule has 1 aromatic heterocycles. The second-order valence-corrected chi connectivity index (χ2v) is 8.49. The van der Waals surface area contributed by atoms with E-state index in [-0.39, 0.29) is 6.04 Å². The molecule has 0 fully saturated rings. The molecular formula is C26H21ClN4O3. The van der Waals surface area contributed by atoms with Gasteiger partial charge in [-0.1, -0.05) is 41.9 Å². The number of anilines is 1. The van der Waals surface area contributed by atoms with E-state index in [9.17, 15) is 0 Å². The minimum absolute atomic E-state index is 0.300. The van der Waals surface area contributed by atoms with E-state index in [2.05, 4.69) is 15.4 Å². The maximum atomic E-state index is 6.61. The van der Waals surface area contributed by atoms with E-state index in [4.69, 9.17) is 25.8 Å². The summed E-state index contributed by atoms with van der Waals surface area (Å²) in [5.74, 6) is 2.74. The normalized spacial score (nSPS) is 18.2. The Balaban J connectivity index is 1.62. The van der Waals surface area contributed by atoms with E-state index < -0.39 is 6.10 Å². The van der Waals surface area contributed by atoms with Crippen LogP contribution in [0.2, 0.25) is 5.02 Å². The van der Waals surface area contributed by atoms with Crippen LogP contribution in [0.25, 0.3) is 5.70 Å². The first kappa shape index (κ1) is 20.6. The number of halogens is 1. The molecule has 3 heterocycles. The van der Waals surface area contributed by atoms with Crippen LogP contribution in [0, 0.1) is 0 Å². The number of rotatable bonds is 4. The van der Waals surface area contributed by atoms with Crippen molar-refractivity contribution in [3.05, 3.63) is 100 Å². The largest absolute Gasteiger partial charge is 0.493 e. The number of hydrogen-bond acceptors (Lipinski definition) is 6. The van der Waals surface area contributed by atoms with Crippen molar-refractivity contribution in [1.29, 1.82) is 0 Å². The summed E-state index contributed by atoms with van der Waals surface area (Å²) >= 11 is 6.38. The Morgan fingerprint density at radius 2 is 1.79 bits per heavy atom. The zero-order valence-corrected chi connectivity index (χ0v) is 19.3. The first-order chi connectivity index (χ1) is 16.7. The molecule has 0 radical (unpaired) electrons. The molecule has 2 aliphatic rings. The van der Waals surface area contributed by atoms with Gasteiger partial charge in [-0.3, -0.25) is 0 Å². The molecule has 6 rings (SSSR count). The maximum absolute atomic E-state index is 6.61. The number of para-hydroxylation sites is 1. The van der Waals surface area contributed by atoms with Crippen LogP contribution in [-0.2, 0) is 0 Å². The molecule has 2 atom stereocenters. The van der Waals surface area contributed by atoms with Crippen LogP contribution in [0.5, 0.6) is 17.2 Å². The summed E-state index contributed by atoms with van der Waals surface area (Å²) in [6.07, 6.45) is 1.15. The minimum atomic E-state index is -0.397. The lowest BCUT2D eigenvalue weighted by Gasteiger charge is -2.39. The standard InChI is InChI=1S/C26H21ClN4O3/c1-32-20-11-10-15(13-21(20)33-2)24-22-23(30-26-28-14-29-31(24)26)18-8-3-4-9-19(18)34-25(22)16-6-5-7-17(27)12-16/h3-14,24-25H,1-2H3,(H,28,29,30)/t24-,25-/m0/s1. The Bertz CT molecular complexity index is 1430. The van der Waals surface area contributed by atoms with E-state index in [1.807, 2.05) is 71.4 Å². The predicted molar refractivity (Wildman–Crippen MR) is 130 cm³/mol. The summed E-state index contributed by atoms with van der Waals surface area (Å²) in [7, 11) is 3.25. The molecule has 3 aromatic carbocycles. The van der Waals surface area contributed by atoms with Crippen molar-refractivity contribution < 1.29 is 14.2 Å². The molecule has 0 spiro atoms. The fourth-order valence-electron chi connectivity index (χ4n) is 4.71. The highest BCUT2D eigenvalue weighted by Crippen LogP contribution is 2.51. The Kier molecular flexibility index (Phi) is 4.92. The number of benzene rings is 3. The summed E-state index contributed by atoms with van der Waals surface area (Å²) in [5, 5.41) is 8.71. The van der Waals surface area contributed by atoms with Gasteiger partial charge in [0, 0.05) is 16.2 Å². The number of fused-ring (bicyclic) bond motifs is 3. The van der Waals surface area contributed by atoms with Gasteiger partial charge in [-0.05, 0) is 47.5 Å². The highest BCUT2D eigenvalue weighted by atomic mass is 35.5. The summed E-state index contributed by atoms with van der Waals surface area (Å²) in [6, 6.07) is 21.3. The maximum Gasteiger partial charge on any atom is 0.226 e.